The van der Waals surface area contributed by atoms with E-state index in [9.17, 15) is 5.11 Å². The minimum atomic E-state index is 0.131. The van der Waals surface area contributed by atoms with Gasteiger partial charge >= 0.3 is 0 Å². The van der Waals surface area contributed by atoms with Gasteiger partial charge in [0.05, 0.1) is 12.6 Å². The number of hydrogen-bond acceptors (Lipinski definition) is 3. The summed E-state index contributed by atoms with van der Waals surface area (Å²) in [6.07, 6.45) is 3.70. The van der Waals surface area contributed by atoms with Gasteiger partial charge in [0.15, 0.2) is 5.88 Å². The SMILES string of the molecule is C/C=C(\O)N1CCC[C@@H]1CO. The van der Waals surface area contributed by atoms with Crippen molar-refractivity contribution >= 4 is 0 Å². The van der Waals surface area contributed by atoms with Crippen LogP contribution >= 0.6 is 0 Å². The normalized spacial score (nSPS) is 26.2. The molecule has 1 atom stereocenters. The summed E-state index contributed by atoms with van der Waals surface area (Å²) in [5, 5.41) is 18.2. The average molecular weight is 157 g/mol. The van der Waals surface area contributed by atoms with Gasteiger partial charge in [-0.15, -0.1) is 0 Å². The maximum absolute atomic E-state index is 9.34. The third-order valence-corrected chi connectivity index (χ3v) is 2.14. The lowest BCUT2D eigenvalue weighted by Gasteiger charge is -2.23. The molecule has 1 aliphatic rings. The minimum absolute atomic E-state index is 0.131. The van der Waals surface area contributed by atoms with Crippen molar-refractivity contribution in [2.45, 2.75) is 25.8 Å². The molecule has 0 amide bonds. The van der Waals surface area contributed by atoms with E-state index in [0.29, 0.717) is 5.88 Å². The maximum Gasteiger partial charge on any atom is 0.182 e. The van der Waals surface area contributed by atoms with Crippen LogP contribution in [0.2, 0.25) is 0 Å². The summed E-state index contributed by atoms with van der Waals surface area (Å²) in [5.74, 6) is 0.293. The molecule has 0 aromatic rings. The van der Waals surface area contributed by atoms with Crippen LogP contribution in [0.5, 0.6) is 0 Å². The predicted molar refractivity (Wildman–Crippen MR) is 43.2 cm³/mol. The smallest absolute Gasteiger partial charge is 0.182 e. The Morgan fingerprint density at radius 2 is 2.45 bits per heavy atom. The molecule has 3 nitrogen and oxygen atoms in total. The molecule has 0 saturated carbocycles. The molecular weight excluding hydrogens is 142 g/mol. The van der Waals surface area contributed by atoms with Crippen LogP contribution in [-0.2, 0) is 0 Å². The first kappa shape index (κ1) is 8.40. The second-order valence-electron chi connectivity index (χ2n) is 2.82. The molecule has 3 heteroatoms. The van der Waals surface area contributed by atoms with Crippen molar-refractivity contribution in [1.29, 1.82) is 0 Å². The number of rotatable bonds is 2. The van der Waals surface area contributed by atoms with E-state index in [-0.39, 0.29) is 12.6 Å². The summed E-state index contributed by atoms with van der Waals surface area (Å²) in [6.45, 7) is 2.79. The van der Waals surface area contributed by atoms with Gasteiger partial charge in [0.25, 0.3) is 0 Å². The molecule has 0 aliphatic carbocycles. The third kappa shape index (κ3) is 1.66. The van der Waals surface area contributed by atoms with E-state index in [1.165, 1.54) is 0 Å². The van der Waals surface area contributed by atoms with Crippen molar-refractivity contribution in [3.8, 4) is 0 Å². The Morgan fingerprint density at radius 3 is 3.00 bits per heavy atom. The lowest BCUT2D eigenvalue weighted by atomic mass is 10.2. The van der Waals surface area contributed by atoms with Gasteiger partial charge in [-0.2, -0.15) is 0 Å². The van der Waals surface area contributed by atoms with Gasteiger partial charge in [-0.05, 0) is 25.8 Å². The Labute approximate surface area is 66.9 Å². The molecule has 0 radical (unpaired) electrons. The lowest BCUT2D eigenvalue weighted by Crippen LogP contribution is -2.31. The molecule has 1 heterocycles. The van der Waals surface area contributed by atoms with Crippen molar-refractivity contribution in [2.24, 2.45) is 0 Å². The summed E-state index contributed by atoms with van der Waals surface area (Å²) in [7, 11) is 0. The van der Waals surface area contributed by atoms with Gasteiger partial charge in [-0.3, -0.25) is 0 Å². The van der Waals surface area contributed by atoms with Gasteiger partial charge in [-0.1, -0.05) is 0 Å². The largest absolute Gasteiger partial charge is 0.495 e. The molecular formula is C8H15NO2. The zero-order valence-corrected chi connectivity index (χ0v) is 6.82. The Morgan fingerprint density at radius 1 is 1.73 bits per heavy atom. The molecule has 1 aliphatic heterocycles. The second kappa shape index (κ2) is 3.62. The summed E-state index contributed by atoms with van der Waals surface area (Å²) >= 11 is 0. The first-order valence-electron chi connectivity index (χ1n) is 4.02. The fraction of sp³-hybridized carbons (Fsp3) is 0.750. The average Bonchev–Trinajstić information content (AvgIpc) is 2.50. The van der Waals surface area contributed by atoms with Crippen molar-refractivity contribution in [3.63, 3.8) is 0 Å². The summed E-state index contributed by atoms with van der Waals surface area (Å²) in [4.78, 5) is 1.85. The number of hydrogen-bond donors (Lipinski definition) is 2. The standard InChI is InChI=1S/C8H15NO2/c1-2-8(11)9-5-3-4-7(9)6-10/h2,7,10-11H,3-6H2,1H3/b8-2-/t7-/m1/s1. The van der Waals surface area contributed by atoms with E-state index < -0.39 is 0 Å². The molecule has 1 rings (SSSR count). The molecule has 0 unspecified atom stereocenters. The van der Waals surface area contributed by atoms with Crippen molar-refractivity contribution < 1.29 is 10.2 Å². The first-order valence-corrected chi connectivity index (χ1v) is 4.02. The molecule has 0 aromatic heterocycles. The van der Waals surface area contributed by atoms with E-state index in [2.05, 4.69) is 0 Å². The zero-order chi connectivity index (χ0) is 8.27. The Kier molecular flexibility index (Phi) is 2.76. The van der Waals surface area contributed by atoms with Crippen LogP contribution in [0.15, 0.2) is 12.0 Å². The van der Waals surface area contributed by atoms with Crippen LogP contribution in [0, 0.1) is 0 Å². The summed E-state index contributed by atoms with van der Waals surface area (Å²) in [5.41, 5.74) is 0. The van der Waals surface area contributed by atoms with Crippen LogP contribution in [0.1, 0.15) is 19.8 Å². The van der Waals surface area contributed by atoms with Gasteiger partial charge < -0.3 is 15.1 Å². The van der Waals surface area contributed by atoms with Crippen LogP contribution in [0.25, 0.3) is 0 Å². The molecule has 1 fully saturated rings. The number of aliphatic hydroxyl groups is 2. The number of likely N-dealkylation sites (tertiary alicyclic amines) is 1. The van der Waals surface area contributed by atoms with E-state index in [1.54, 1.807) is 13.0 Å². The van der Waals surface area contributed by atoms with Crippen LogP contribution in [-0.4, -0.2) is 34.3 Å². The van der Waals surface area contributed by atoms with Crippen LogP contribution in [0.4, 0.5) is 0 Å². The molecule has 2 N–H and O–H groups in total. The third-order valence-electron chi connectivity index (χ3n) is 2.14. The summed E-state index contributed by atoms with van der Waals surface area (Å²) in [6, 6.07) is 0.131. The van der Waals surface area contributed by atoms with Gasteiger partial charge in [0.2, 0.25) is 0 Å². The zero-order valence-electron chi connectivity index (χ0n) is 6.82. The van der Waals surface area contributed by atoms with E-state index in [0.717, 1.165) is 19.4 Å². The van der Waals surface area contributed by atoms with Crippen molar-refractivity contribution in [3.05, 3.63) is 12.0 Å². The highest BCUT2D eigenvalue weighted by molar-refractivity contribution is 4.95. The number of allylic oxidation sites excluding steroid dienone is 1. The highest BCUT2D eigenvalue weighted by Gasteiger charge is 2.24. The highest BCUT2D eigenvalue weighted by atomic mass is 16.3. The van der Waals surface area contributed by atoms with E-state index in [4.69, 9.17) is 5.11 Å². The monoisotopic (exact) mass is 157 g/mol. The van der Waals surface area contributed by atoms with Gasteiger partial charge in [0.1, 0.15) is 0 Å². The van der Waals surface area contributed by atoms with Gasteiger partial charge in [0, 0.05) is 6.54 Å². The first-order chi connectivity index (χ1) is 5.29. The quantitative estimate of drug-likeness (QED) is 0.584. The van der Waals surface area contributed by atoms with E-state index in [1.807, 2.05) is 4.90 Å². The van der Waals surface area contributed by atoms with Crippen molar-refractivity contribution in [1.82, 2.24) is 4.90 Å². The topological polar surface area (TPSA) is 43.7 Å². The fourth-order valence-electron chi connectivity index (χ4n) is 1.49. The minimum Gasteiger partial charge on any atom is -0.495 e. The van der Waals surface area contributed by atoms with Crippen LogP contribution < -0.4 is 0 Å². The van der Waals surface area contributed by atoms with E-state index >= 15 is 0 Å². The number of aliphatic hydroxyl groups excluding tert-OH is 2. The molecule has 1 saturated heterocycles. The highest BCUT2D eigenvalue weighted by Crippen LogP contribution is 2.19. The van der Waals surface area contributed by atoms with Crippen LogP contribution in [0.3, 0.4) is 0 Å². The maximum atomic E-state index is 9.34. The molecule has 0 bridgehead atoms. The number of nitrogens with zero attached hydrogens (tertiary/aromatic N) is 1. The Hall–Kier alpha value is -0.700. The predicted octanol–water partition coefficient (Wildman–Crippen LogP) is 0.862. The Balaban J connectivity index is 2.56. The fourth-order valence-corrected chi connectivity index (χ4v) is 1.49. The van der Waals surface area contributed by atoms with Gasteiger partial charge in [-0.25, -0.2) is 0 Å². The summed E-state index contributed by atoms with van der Waals surface area (Å²) < 4.78 is 0. The molecule has 11 heavy (non-hydrogen) atoms. The molecule has 64 valence electrons. The molecule has 0 aromatic carbocycles. The second-order valence-corrected chi connectivity index (χ2v) is 2.82. The van der Waals surface area contributed by atoms with Crippen molar-refractivity contribution in [2.75, 3.05) is 13.2 Å². The molecule has 0 spiro atoms. The Bertz CT molecular complexity index is 156. The lowest BCUT2D eigenvalue weighted by molar-refractivity contribution is 0.133.